The molecule has 0 spiro atoms. The number of hydrogen-bond donors (Lipinski definition) is 0. The van der Waals surface area contributed by atoms with Crippen molar-refractivity contribution in [2.24, 2.45) is 5.92 Å². The monoisotopic (exact) mass is 186 g/mol. The third kappa shape index (κ3) is 2.66. The van der Waals surface area contributed by atoms with Crippen molar-refractivity contribution in [3.8, 4) is 6.07 Å². The van der Waals surface area contributed by atoms with Crippen LogP contribution >= 0.6 is 11.6 Å². The van der Waals surface area contributed by atoms with E-state index in [9.17, 15) is 0 Å². The van der Waals surface area contributed by atoms with E-state index in [4.69, 9.17) is 16.9 Å². The summed E-state index contributed by atoms with van der Waals surface area (Å²) in [7, 11) is 2.04. The minimum atomic E-state index is -0.365. The van der Waals surface area contributed by atoms with Crippen molar-refractivity contribution in [3.05, 3.63) is 0 Å². The lowest BCUT2D eigenvalue weighted by molar-refractivity contribution is 0.241. The van der Waals surface area contributed by atoms with Gasteiger partial charge in [0.25, 0.3) is 0 Å². The molecule has 12 heavy (non-hydrogen) atoms. The van der Waals surface area contributed by atoms with Crippen LogP contribution in [0, 0.1) is 17.2 Å². The Labute approximate surface area is 79.1 Å². The molecule has 0 aromatic heterocycles. The molecule has 0 aromatic rings. The Hall–Kier alpha value is -0.260. The third-order valence-electron chi connectivity index (χ3n) is 2.59. The minimum Gasteiger partial charge on any atom is -0.301 e. The van der Waals surface area contributed by atoms with E-state index < -0.39 is 0 Å². The van der Waals surface area contributed by atoms with E-state index in [0.717, 1.165) is 5.92 Å². The Morgan fingerprint density at radius 1 is 1.67 bits per heavy atom. The molecule has 68 valence electrons. The zero-order chi connectivity index (χ0) is 9.14. The summed E-state index contributed by atoms with van der Waals surface area (Å²) in [5, 5.41) is 8.15. The van der Waals surface area contributed by atoms with E-state index in [2.05, 4.69) is 11.8 Å². The molecular formula is C9H15ClN2. The van der Waals surface area contributed by atoms with Gasteiger partial charge in [0.2, 0.25) is 0 Å². The molecule has 2 nitrogen and oxygen atoms in total. The van der Waals surface area contributed by atoms with Crippen molar-refractivity contribution < 1.29 is 0 Å². The topological polar surface area (TPSA) is 27.0 Å². The smallest absolute Gasteiger partial charge is 0.133 e. The van der Waals surface area contributed by atoms with E-state index >= 15 is 0 Å². The first-order valence-corrected chi connectivity index (χ1v) is 4.82. The second kappa shape index (κ2) is 4.11. The van der Waals surface area contributed by atoms with Gasteiger partial charge in [0.1, 0.15) is 5.38 Å². The van der Waals surface area contributed by atoms with Crippen LogP contribution in [0.25, 0.3) is 0 Å². The van der Waals surface area contributed by atoms with E-state index in [0.29, 0.717) is 12.6 Å². The van der Waals surface area contributed by atoms with E-state index in [1.165, 1.54) is 12.8 Å². The molecule has 0 saturated heterocycles. The molecule has 1 aliphatic rings. The van der Waals surface area contributed by atoms with Crippen LogP contribution in [-0.2, 0) is 0 Å². The average Bonchev–Trinajstić information content (AvgIpc) is 2.85. The molecule has 1 aliphatic carbocycles. The Balaban J connectivity index is 2.26. The van der Waals surface area contributed by atoms with Crippen molar-refractivity contribution in [3.63, 3.8) is 0 Å². The summed E-state index contributed by atoms with van der Waals surface area (Å²) in [4.78, 5) is 2.18. The predicted octanol–water partition coefficient (Wildman–Crippen LogP) is 1.85. The highest BCUT2D eigenvalue weighted by Crippen LogP contribution is 2.34. The zero-order valence-electron chi connectivity index (χ0n) is 7.63. The standard InChI is InChI=1S/C9H15ClN2/c1-7(8-3-4-8)12(2)6-9(10)5-11/h7-9H,3-4,6H2,1-2H3. The molecule has 0 aromatic carbocycles. The summed E-state index contributed by atoms with van der Waals surface area (Å²) < 4.78 is 0. The molecule has 2 atom stereocenters. The van der Waals surface area contributed by atoms with Crippen LogP contribution in [0.4, 0.5) is 0 Å². The fraction of sp³-hybridized carbons (Fsp3) is 0.889. The molecule has 3 heteroatoms. The van der Waals surface area contributed by atoms with Gasteiger partial charge >= 0.3 is 0 Å². The fourth-order valence-electron chi connectivity index (χ4n) is 1.40. The number of rotatable bonds is 4. The van der Waals surface area contributed by atoms with Gasteiger partial charge in [-0.2, -0.15) is 5.26 Å². The van der Waals surface area contributed by atoms with E-state index in [-0.39, 0.29) is 5.38 Å². The zero-order valence-corrected chi connectivity index (χ0v) is 8.38. The molecule has 0 radical (unpaired) electrons. The van der Waals surface area contributed by atoms with Crippen molar-refractivity contribution in [1.82, 2.24) is 4.90 Å². The van der Waals surface area contributed by atoms with Gasteiger partial charge in [-0.3, -0.25) is 0 Å². The van der Waals surface area contributed by atoms with Gasteiger partial charge in [0.15, 0.2) is 0 Å². The Bertz CT molecular complexity index is 183. The first-order chi connectivity index (χ1) is 5.65. The Morgan fingerprint density at radius 2 is 2.25 bits per heavy atom. The average molecular weight is 187 g/mol. The Morgan fingerprint density at radius 3 is 2.67 bits per heavy atom. The van der Waals surface area contributed by atoms with Gasteiger partial charge in [-0.05, 0) is 32.7 Å². The molecule has 2 unspecified atom stereocenters. The fourth-order valence-corrected chi connectivity index (χ4v) is 1.62. The number of halogens is 1. The summed E-state index contributed by atoms with van der Waals surface area (Å²) in [6.07, 6.45) is 2.68. The highest BCUT2D eigenvalue weighted by Gasteiger charge is 2.30. The third-order valence-corrected chi connectivity index (χ3v) is 2.82. The lowest BCUT2D eigenvalue weighted by Crippen LogP contribution is -2.35. The van der Waals surface area contributed by atoms with Crippen molar-refractivity contribution in [2.75, 3.05) is 13.6 Å². The lowest BCUT2D eigenvalue weighted by atomic mass is 10.2. The second-order valence-corrected chi connectivity index (χ2v) is 4.14. The first-order valence-electron chi connectivity index (χ1n) is 4.39. The summed E-state index contributed by atoms with van der Waals surface area (Å²) in [6, 6.07) is 2.62. The van der Waals surface area contributed by atoms with Crippen LogP contribution in [0.3, 0.4) is 0 Å². The molecule has 0 N–H and O–H groups in total. The highest BCUT2D eigenvalue weighted by atomic mass is 35.5. The van der Waals surface area contributed by atoms with E-state index in [1.807, 2.05) is 13.1 Å². The van der Waals surface area contributed by atoms with Gasteiger partial charge in [0, 0.05) is 12.6 Å². The Kier molecular flexibility index (Phi) is 3.37. The largest absolute Gasteiger partial charge is 0.301 e. The molecule has 1 saturated carbocycles. The van der Waals surface area contributed by atoms with Gasteiger partial charge < -0.3 is 4.90 Å². The molecule has 0 aliphatic heterocycles. The second-order valence-electron chi connectivity index (χ2n) is 3.61. The van der Waals surface area contributed by atoms with E-state index in [1.54, 1.807) is 0 Å². The van der Waals surface area contributed by atoms with Crippen LogP contribution in [-0.4, -0.2) is 29.9 Å². The summed E-state index contributed by atoms with van der Waals surface area (Å²) in [5.41, 5.74) is 0. The number of alkyl halides is 1. The van der Waals surface area contributed by atoms with Gasteiger partial charge in [-0.1, -0.05) is 0 Å². The lowest BCUT2D eigenvalue weighted by Gasteiger charge is -2.24. The minimum absolute atomic E-state index is 0.365. The van der Waals surface area contributed by atoms with Gasteiger partial charge in [0.05, 0.1) is 6.07 Å². The van der Waals surface area contributed by atoms with Crippen LogP contribution in [0.15, 0.2) is 0 Å². The molecule has 0 heterocycles. The SMILES string of the molecule is CC(C1CC1)N(C)CC(Cl)C#N. The maximum Gasteiger partial charge on any atom is 0.133 e. The predicted molar refractivity (Wildman–Crippen MR) is 50.1 cm³/mol. The normalized spacial score (nSPS) is 21.9. The van der Waals surface area contributed by atoms with Crippen molar-refractivity contribution in [2.45, 2.75) is 31.2 Å². The molecule has 1 fully saturated rings. The quantitative estimate of drug-likeness (QED) is 0.627. The molecular weight excluding hydrogens is 172 g/mol. The van der Waals surface area contributed by atoms with Crippen LogP contribution in [0.1, 0.15) is 19.8 Å². The molecule has 0 bridgehead atoms. The number of nitriles is 1. The number of hydrogen-bond acceptors (Lipinski definition) is 2. The maximum atomic E-state index is 8.51. The summed E-state index contributed by atoms with van der Waals surface area (Å²) in [6.45, 7) is 2.88. The van der Waals surface area contributed by atoms with Crippen LogP contribution < -0.4 is 0 Å². The van der Waals surface area contributed by atoms with Crippen molar-refractivity contribution >= 4 is 11.6 Å². The number of nitrogens with zero attached hydrogens (tertiary/aromatic N) is 2. The summed E-state index contributed by atoms with van der Waals surface area (Å²) >= 11 is 5.73. The van der Waals surface area contributed by atoms with Crippen molar-refractivity contribution in [1.29, 1.82) is 5.26 Å². The summed E-state index contributed by atoms with van der Waals surface area (Å²) in [5.74, 6) is 0.845. The van der Waals surface area contributed by atoms with Crippen LogP contribution in [0.5, 0.6) is 0 Å². The van der Waals surface area contributed by atoms with Gasteiger partial charge in [-0.25, -0.2) is 0 Å². The first kappa shape index (κ1) is 9.83. The molecule has 1 rings (SSSR count). The van der Waals surface area contributed by atoms with Crippen LogP contribution in [0.2, 0.25) is 0 Å². The maximum absolute atomic E-state index is 8.51. The van der Waals surface area contributed by atoms with Gasteiger partial charge in [-0.15, -0.1) is 11.6 Å². The molecule has 0 amide bonds. The highest BCUT2D eigenvalue weighted by molar-refractivity contribution is 6.22.